The Balaban J connectivity index is 2.04. The maximum Gasteiger partial charge on any atom is 0.0112 e. The van der Waals surface area contributed by atoms with Gasteiger partial charge in [0.15, 0.2) is 0 Å². The van der Waals surface area contributed by atoms with Gasteiger partial charge in [-0.3, -0.25) is 0 Å². The highest BCUT2D eigenvalue weighted by Crippen LogP contribution is 2.26. The third-order valence-electron chi connectivity index (χ3n) is 4.00. The predicted molar refractivity (Wildman–Crippen MR) is 83.7 cm³/mol. The van der Waals surface area contributed by atoms with E-state index >= 15 is 0 Å². The highest BCUT2D eigenvalue weighted by atomic mass is 14.9. The second-order valence-electron chi connectivity index (χ2n) is 7.18. The van der Waals surface area contributed by atoms with Crippen molar-refractivity contribution in [2.75, 3.05) is 6.54 Å². The molecule has 1 aliphatic rings. The Labute approximate surface area is 118 Å². The molecule has 2 rings (SSSR count). The van der Waals surface area contributed by atoms with Crippen LogP contribution in [0.2, 0.25) is 0 Å². The Kier molecular flexibility index (Phi) is 4.67. The Morgan fingerprint density at radius 3 is 2.58 bits per heavy atom. The van der Waals surface area contributed by atoms with E-state index in [2.05, 4.69) is 51.2 Å². The summed E-state index contributed by atoms with van der Waals surface area (Å²) in [6.07, 6.45) is 6.32. The van der Waals surface area contributed by atoms with Crippen molar-refractivity contribution in [3.8, 4) is 0 Å². The minimum absolute atomic E-state index is 0.392. The zero-order valence-electron chi connectivity index (χ0n) is 13.1. The Bertz CT molecular complexity index is 414. The van der Waals surface area contributed by atoms with E-state index in [0.29, 0.717) is 11.5 Å². The van der Waals surface area contributed by atoms with Gasteiger partial charge in [0.05, 0.1) is 0 Å². The molecule has 0 aromatic heterocycles. The lowest BCUT2D eigenvalue weighted by Crippen LogP contribution is -2.34. The number of likely N-dealkylation sites (N-methyl/N-ethyl adjacent to an activating group) is 1. The molecule has 0 fully saturated rings. The van der Waals surface area contributed by atoms with Gasteiger partial charge in [-0.1, -0.05) is 45.9 Å². The van der Waals surface area contributed by atoms with E-state index in [4.69, 9.17) is 0 Å². The van der Waals surface area contributed by atoms with E-state index in [1.165, 1.54) is 37.7 Å². The topological polar surface area (TPSA) is 12.0 Å². The first-order chi connectivity index (χ1) is 8.98. The summed E-state index contributed by atoms with van der Waals surface area (Å²) in [5.74, 6) is 0. The maximum absolute atomic E-state index is 3.66. The van der Waals surface area contributed by atoms with Gasteiger partial charge in [0.25, 0.3) is 0 Å². The maximum atomic E-state index is 3.66. The van der Waals surface area contributed by atoms with Crippen LogP contribution in [0.25, 0.3) is 0 Å². The first-order valence-electron chi connectivity index (χ1n) is 7.82. The number of benzene rings is 1. The summed E-state index contributed by atoms with van der Waals surface area (Å²) in [7, 11) is 0. The number of rotatable bonds is 5. The summed E-state index contributed by atoms with van der Waals surface area (Å²) in [5.41, 5.74) is 5.09. The van der Waals surface area contributed by atoms with Crippen molar-refractivity contribution in [1.29, 1.82) is 0 Å². The molecule has 0 aliphatic heterocycles. The average Bonchev–Trinajstić information content (AvgIpc) is 2.74. The summed E-state index contributed by atoms with van der Waals surface area (Å²) >= 11 is 0. The zero-order chi connectivity index (χ0) is 13.9. The Hall–Kier alpha value is -0.820. The molecule has 1 atom stereocenters. The van der Waals surface area contributed by atoms with Crippen LogP contribution in [0, 0.1) is 5.41 Å². The van der Waals surface area contributed by atoms with E-state index in [1.807, 2.05) is 0 Å². The number of hydrogen-bond donors (Lipinski definition) is 1. The van der Waals surface area contributed by atoms with Gasteiger partial charge in [-0.15, -0.1) is 0 Å². The van der Waals surface area contributed by atoms with Gasteiger partial charge in [-0.05, 0) is 60.8 Å². The fourth-order valence-corrected chi connectivity index (χ4v) is 3.28. The molecule has 1 aliphatic carbocycles. The van der Waals surface area contributed by atoms with Gasteiger partial charge < -0.3 is 5.32 Å². The van der Waals surface area contributed by atoms with Crippen LogP contribution in [-0.4, -0.2) is 12.6 Å². The van der Waals surface area contributed by atoms with Crippen molar-refractivity contribution in [3.63, 3.8) is 0 Å². The van der Waals surface area contributed by atoms with Gasteiger partial charge in [0.1, 0.15) is 0 Å². The Morgan fingerprint density at radius 2 is 1.89 bits per heavy atom. The second kappa shape index (κ2) is 6.09. The first kappa shape index (κ1) is 14.6. The first-order valence-corrected chi connectivity index (χ1v) is 7.82. The van der Waals surface area contributed by atoms with Gasteiger partial charge in [-0.25, -0.2) is 0 Å². The molecule has 0 heterocycles. The highest BCUT2D eigenvalue weighted by Gasteiger charge is 2.19. The van der Waals surface area contributed by atoms with Crippen LogP contribution in [0.15, 0.2) is 18.2 Å². The van der Waals surface area contributed by atoms with Crippen LogP contribution >= 0.6 is 0 Å². The molecule has 0 radical (unpaired) electrons. The summed E-state index contributed by atoms with van der Waals surface area (Å²) in [6.45, 7) is 10.3. The van der Waals surface area contributed by atoms with E-state index < -0.39 is 0 Å². The van der Waals surface area contributed by atoms with E-state index in [1.54, 1.807) is 11.1 Å². The third-order valence-corrected chi connectivity index (χ3v) is 4.00. The van der Waals surface area contributed by atoms with Crippen molar-refractivity contribution in [2.45, 2.75) is 65.8 Å². The summed E-state index contributed by atoms with van der Waals surface area (Å²) < 4.78 is 0. The predicted octanol–water partition coefficient (Wildman–Crippen LogP) is 4.13. The van der Waals surface area contributed by atoms with Crippen molar-refractivity contribution in [2.24, 2.45) is 5.41 Å². The molecule has 1 aromatic carbocycles. The number of aryl methyl sites for hydroxylation is 2. The molecule has 0 spiro atoms. The molecule has 1 aromatic rings. The van der Waals surface area contributed by atoms with E-state index in [0.717, 1.165) is 6.54 Å². The van der Waals surface area contributed by atoms with E-state index in [-0.39, 0.29) is 0 Å². The summed E-state index contributed by atoms with van der Waals surface area (Å²) in [4.78, 5) is 0. The summed E-state index contributed by atoms with van der Waals surface area (Å²) in [5, 5.41) is 3.66. The second-order valence-corrected chi connectivity index (χ2v) is 7.18. The molecule has 0 saturated carbocycles. The van der Waals surface area contributed by atoms with Crippen LogP contribution in [0.3, 0.4) is 0 Å². The molecule has 106 valence electrons. The van der Waals surface area contributed by atoms with Crippen LogP contribution in [-0.2, 0) is 19.3 Å². The summed E-state index contributed by atoms with van der Waals surface area (Å²) in [6, 6.07) is 7.76. The SMILES string of the molecule is CCNC(Cc1ccc2c(c1)CCC2)CC(C)(C)C. The third kappa shape index (κ3) is 4.35. The van der Waals surface area contributed by atoms with Gasteiger partial charge in [-0.2, -0.15) is 0 Å². The molecule has 0 saturated heterocycles. The van der Waals surface area contributed by atoms with Gasteiger partial charge in [0, 0.05) is 6.04 Å². The fraction of sp³-hybridized carbons (Fsp3) is 0.667. The highest BCUT2D eigenvalue weighted by molar-refractivity contribution is 5.35. The number of fused-ring (bicyclic) bond motifs is 1. The molecular formula is C18H29N. The molecule has 0 bridgehead atoms. The number of nitrogens with one attached hydrogen (secondary N) is 1. The lowest BCUT2D eigenvalue weighted by Gasteiger charge is -2.27. The van der Waals surface area contributed by atoms with Gasteiger partial charge in [0.2, 0.25) is 0 Å². The molecule has 1 unspecified atom stereocenters. The smallest absolute Gasteiger partial charge is 0.0112 e. The lowest BCUT2D eigenvalue weighted by molar-refractivity contribution is 0.309. The largest absolute Gasteiger partial charge is 0.314 e. The van der Waals surface area contributed by atoms with Crippen LogP contribution in [0.4, 0.5) is 0 Å². The van der Waals surface area contributed by atoms with E-state index in [9.17, 15) is 0 Å². The van der Waals surface area contributed by atoms with Crippen LogP contribution in [0.1, 0.15) is 57.2 Å². The van der Waals surface area contributed by atoms with Crippen molar-refractivity contribution in [1.82, 2.24) is 5.32 Å². The molecule has 1 N–H and O–H groups in total. The monoisotopic (exact) mass is 259 g/mol. The molecule has 1 nitrogen and oxygen atoms in total. The van der Waals surface area contributed by atoms with Crippen LogP contribution in [0.5, 0.6) is 0 Å². The van der Waals surface area contributed by atoms with Crippen molar-refractivity contribution < 1.29 is 0 Å². The molecule has 1 heteroatoms. The minimum Gasteiger partial charge on any atom is -0.314 e. The Morgan fingerprint density at radius 1 is 1.16 bits per heavy atom. The van der Waals surface area contributed by atoms with Crippen LogP contribution < -0.4 is 5.32 Å². The average molecular weight is 259 g/mol. The normalized spacial score (nSPS) is 16.4. The molecular weight excluding hydrogens is 230 g/mol. The zero-order valence-corrected chi connectivity index (χ0v) is 13.1. The quantitative estimate of drug-likeness (QED) is 0.838. The van der Waals surface area contributed by atoms with Crippen molar-refractivity contribution >= 4 is 0 Å². The van der Waals surface area contributed by atoms with Crippen molar-refractivity contribution in [3.05, 3.63) is 34.9 Å². The number of hydrogen-bond acceptors (Lipinski definition) is 1. The molecule has 19 heavy (non-hydrogen) atoms. The fourth-order valence-electron chi connectivity index (χ4n) is 3.28. The standard InChI is InChI=1S/C18H29N/c1-5-19-17(13-18(2,3)4)12-14-9-10-15-7-6-8-16(15)11-14/h9-11,17,19H,5-8,12-13H2,1-4H3. The molecule has 0 amide bonds. The minimum atomic E-state index is 0.392. The lowest BCUT2D eigenvalue weighted by atomic mass is 9.85. The van der Waals surface area contributed by atoms with Gasteiger partial charge >= 0.3 is 0 Å².